The second-order valence-electron chi connectivity index (χ2n) is 5.18. The largest absolute Gasteiger partial charge is 0.340 e. The van der Waals surface area contributed by atoms with Crippen molar-refractivity contribution in [2.45, 2.75) is 27.7 Å². The van der Waals surface area contributed by atoms with Crippen LogP contribution in [-0.4, -0.2) is 33.7 Å². The fraction of sp³-hybridized carbons (Fsp3) is 0.333. The van der Waals surface area contributed by atoms with Gasteiger partial charge in [-0.25, -0.2) is 4.68 Å². The van der Waals surface area contributed by atoms with Crippen LogP contribution in [0.4, 0.5) is 0 Å². The number of carbonyl (C=O) groups excluding carboxylic acids is 1. The molecule has 0 aliphatic rings. The predicted molar refractivity (Wildman–Crippen MR) is 90.0 cm³/mol. The minimum Gasteiger partial charge on any atom is -0.340 e. The number of likely N-dealkylation sites (N-methyl/N-ethyl adjacent to an activating group) is 1. The van der Waals surface area contributed by atoms with Gasteiger partial charge in [-0.2, -0.15) is 5.10 Å². The molecule has 2 aromatic rings. The number of aryl methyl sites for hydroxylation is 1. The summed E-state index contributed by atoms with van der Waals surface area (Å²) >= 11 is 0. The van der Waals surface area contributed by atoms with Gasteiger partial charge in [0.25, 0.3) is 0 Å². The molecular formula is C18H23N3O. The number of rotatable bonds is 5. The maximum absolute atomic E-state index is 12.1. The molecule has 0 atom stereocenters. The SMILES string of the molecule is CCN(CC)C(=O)/C=C/c1c(C)nn(-c2ccccc2)c1C. The summed E-state index contributed by atoms with van der Waals surface area (Å²) in [5.74, 6) is 0.0382. The highest BCUT2D eigenvalue weighted by molar-refractivity contribution is 5.92. The molecule has 2 rings (SSSR count). The Bertz CT molecular complexity index is 667. The first-order valence-electron chi connectivity index (χ1n) is 7.67. The monoisotopic (exact) mass is 297 g/mol. The zero-order chi connectivity index (χ0) is 16.1. The molecule has 0 radical (unpaired) electrons. The fourth-order valence-electron chi connectivity index (χ4n) is 2.51. The Labute approximate surface area is 132 Å². The molecular weight excluding hydrogens is 274 g/mol. The van der Waals surface area contributed by atoms with E-state index < -0.39 is 0 Å². The van der Waals surface area contributed by atoms with Gasteiger partial charge >= 0.3 is 0 Å². The first-order valence-corrected chi connectivity index (χ1v) is 7.67. The van der Waals surface area contributed by atoms with Crippen LogP contribution in [-0.2, 0) is 4.79 Å². The summed E-state index contributed by atoms with van der Waals surface area (Å²) in [7, 11) is 0. The molecule has 0 bridgehead atoms. The normalized spacial score (nSPS) is 11.1. The molecule has 0 spiro atoms. The summed E-state index contributed by atoms with van der Waals surface area (Å²) in [4.78, 5) is 13.9. The highest BCUT2D eigenvalue weighted by atomic mass is 16.2. The van der Waals surface area contributed by atoms with E-state index in [1.807, 2.05) is 68.8 Å². The zero-order valence-corrected chi connectivity index (χ0v) is 13.7. The van der Waals surface area contributed by atoms with Crippen molar-refractivity contribution in [3.8, 4) is 5.69 Å². The van der Waals surface area contributed by atoms with E-state index in [0.717, 1.165) is 35.7 Å². The third-order valence-electron chi connectivity index (χ3n) is 3.82. The highest BCUT2D eigenvalue weighted by Crippen LogP contribution is 2.19. The average molecular weight is 297 g/mol. The molecule has 0 unspecified atom stereocenters. The van der Waals surface area contributed by atoms with Crippen LogP contribution in [0.5, 0.6) is 0 Å². The second kappa shape index (κ2) is 7.07. The maximum atomic E-state index is 12.1. The van der Waals surface area contributed by atoms with Crippen LogP contribution >= 0.6 is 0 Å². The maximum Gasteiger partial charge on any atom is 0.246 e. The van der Waals surface area contributed by atoms with Crippen molar-refractivity contribution in [2.75, 3.05) is 13.1 Å². The minimum absolute atomic E-state index is 0.0382. The molecule has 0 aliphatic carbocycles. The number of hydrogen-bond donors (Lipinski definition) is 0. The topological polar surface area (TPSA) is 38.1 Å². The van der Waals surface area contributed by atoms with E-state index in [-0.39, 0.29) is 5.91 Å². The molecule has 0 N–H and O–H groups in total. The van der Waals surface area contributed by atoms with Gasteiger partial charge in [0.2, 0.25) is 5.91 Å². The van der Waals surface area contributed by atoms with Gasteiger partial charge in [0, 0.05) is 30.4 Å². The van der Waals surface area contributed by atoms with Crippen LogP contribution < -0.4 is 0 Å². The predicted octanol–water partition coefficient (Wildman–Crippen LogP) is 3.37. The minimum atomic E-state index is 0.0382. The lowest BCUT2D eigenvalue weighted by atomic mass is 10.1. The molecule has 22 heavy (non-hydrogen) atoms. The molecule has 1 aromatic heterocycles. The summed E-state index contributed by atoms with van der Waals surface area (Å²) in [6.07, 6.45) is 3.51. The number of para-hydroxylation sites is 1. The number of carbonyl (C=O) groups is 1. The van der Waals surface area contributed by atoms with E-state index in [2.05, 4.69) is 5.10 Å². The Kier molecular flexibility index (Phi) is 5.15. The summed E-state index contributed by atoms with van der Waals surface area (Å²) in [6, 6.07) is 10.0. The number of hydrogen-bond acceptors (Lipinski definition) is 2. The summed E-state index contributed by atoms with van der Waals surface area (Å²) in [6.45, 7) is 9.41. The van der Waals surface area contributed by atoms with Crippen molar-refractivity contribution in [1.29, 1.82) is 0 Å². The average Bonchev–Trinajstić information content (AvgIpc) is 2.82. The van der Waals surface area contributed by atoms with Crippen molar-refractivity contribution in [2.24, 2.45) is 0 Å². The molecule has 4 nitrogen and oxygen atoms in total. The van der Waals surface area contributed by atoms with E-state index in [1.54, 1.807) is 11.0 Å². The Balaban J connectivity index is 2.30. The van der Waals surface area contributed by atoms with Crippen molar-refractivity contribution >= 4 is 12.0 Å². The number of amides is 1. The van der Waals surface area contributed by atoms with Crippen LogP contribution in [0.25, 0.3) is 11.8 Å². The molecule has 0 fully saturated rings. The van der Waals surface area contributed by atoms with E-state index in [0.29, 0.717) is 0 Å². The van der Waals surface area contributed by atoms with Gasteiger partial charge in [-0.3, -0.25) is 4.79 Å². The van der Waals surface area contributed by atoms with Crippen molar-refractivity contribution in [3.63, 3.8) is 0 Å². The van der Waals surface area contributed by atoms with Gasteiger partial charge in [0.15, 0.2) is 0 Å². The lowest BCUT2D eigenvalue weighted by Crippen LogP contribution is -2.28. The van der Waals surface area contributed by atoms with Gasteiger partial charge in [0.1, 0.15) is 0 Å². The third kappa shape index (κ3) is 3.27. The summed E-state index contributed by atoms with van der Waals surface area (Å²) in [5.41, 5.74) is 3.99. The number of nitrogens with zero attached hydrogens (tertiary/aromatic N) is 3. The van der Waals surface area contributed by atoms with Crippen LogP contribution in [0, 0.1) is 13.8 Å². The second-order valence-corrected chi connectivity index (χ2v) is 5.18. The highest BCUT2D eigenvalue weighted by Gasteiger charge is 2.11. The number of aromatic nitrogens is 2. The summed E-state index contributed by atoms with van der Waals surface area (Å²) in [5, 5.41) is 4.58. The third-order valence-corrected chi connectivity index (χ3v) is 3.82. The lowest BCUT2D eigenvalue weighted by Gasteiger charge is -2.15. The first-order chi connectivity index (χ1) is 10.6. The molecule has 0 saturated heterocycles. The fourth-order valence-corrected chi connectivity index (χ4v) is 2.51. The van der Waals surface area contributed by atoms with Crippen LogP contribution in [0.3, 0.4) is 0 Å². The standard InChI is InChI=1S/C18H23N3O/c1-5-20(6-2)18(22)13-12-17-14(3)19-21(15(17)4)16-10-8-7-9-11-16/h7-13H,5-6H2,1-4H3/b13-12+. The van der Waals surface area contributed by atoms with Gasteiger partial charge in [-0.05, 0) is 45.9 Å². The molecule has 4 heteroatoms. The van der Waals surface area contributed by atoms with Crippen LogP contribution in [0.1, 0.15) is 30.8 Å². The van der Waals surface area contributed by atoms with Crippen LogP contribution in [0.15, 0.2) is 36.4 Å². The van der Waals surface area contributed by atoms with Gasteiger partial charge in [-0.15, -0.1) is 0 Å². The van der Waals surface area contributed by atoms with E-state index in [1.165, 1.54) is 0 Å². The Morgan fingerprint density at radius 1 is 1.18 bits per heavy atom. The summed E-state index contributed by atoms with van der Waals surface area (Å²) < 4.78 is 1.91. The van der Waals surface area contributed by atoms with E-state index in [9.17, 15) is 4.79 Å². The smallest absolute Gasteiger partial charge is 0.246 e. The Morgan fingerprint density at radius 3 is 2.41 bits per heavy atom. The van der Waals surface area contributed by atoms with Crippen molar-refractivity contribution < 1.29 is 4.79 Å². The Morgan fingerprint density at radius 2 is 1.82 bits per heavy atom. The van der Waals surface area contributed by atoms with Gasteiger partial charge in [0.05, 0.1) is 11.4 Å². The first kappa shape index (κ1) is 16.0. The van der Waals surface area contributed by atoms with Crippen molar-refractivity contribution in [1.82, 2.24) is 14.7 Å². The molecule has 1 aromatic carbocycles. The Hall–Kier alpha value is -2.36. The quantitative estimate of drug-likeness (QED) is 0.794. The van der Waals surface area contributed by atoms with Gasteiger partial charge in [-0.1, -0.05) is 18.2 Å². The molecule has 116 valence electrons. The van der Waals surface area contributed by atoms with Crippen LogP contribution in [0.2, 0.25) is 0 Å². The molecule has 0 aliphatic heterocycles. The lowest BCUT2D eigenvalue weighted by molar-refractivity contribution is -0.125. The van der Waals surface area contributed by atoms with Crippen molar-refractivity contribution in [3.05, 3.63) is 53.4 Å². The number of benzene rings is 1. The molecule has 1 amide bonds. The van der Waals surface area contributed by atoms with E-state index >= 15 is 0 Å². The molecule has 0 saturated carbocycles. The van der Waals surface area contributed by atoms with Gasteiger partial charge < -0.3 is 4.90 Å². The van der Waals surface area contributed by atoms with E-state index in [4.69, 9.17) is 0 Å². The zero-order valence-electron chi connectivity index (χ0n) is 13.7. The molecule has 1 heterocycles.